The minimum absolute atomic E-state index is 0.173. The van der Waals surface area contributed by atoms with Crippen LogP contribution in [-0.2, 0) is 23.9 Å². The molecule has 8 nitrogen and oxygen atoms in total. The molecule has 4 rings (SSSR count). The lowest BCUT2D eigenvalue weighted by Gasteiger charge is -2.39. The van der Waals surface area contributed by atoms with E-state index in [4.69, 9.17) is 9.47 Å². The van der Waals surface area contributed by atoms with E-state index in [1.54, 1.807) is 17.1 Å². The average molecular weight is 539 g/mol. The van der Waals surface area contributed by atoms with Crippen LogP contribution >= 0.6 is 0 Å². The van der Waals surface area contributed by atoms with Crippen molar-refractivity contribution in [2.75, 3.05) is 26.3 Å². The minimum atomic E-state index is -1.18. The standard InChI is InChI=1S/C31H42N2O6/c1-5-9-19-32(18-7-3)28(36)26-31-17-16-30(8-4,39-31)25(29(37)38-20-10-6-2)24(31)27(35)33(26)23(21-34)22-14-12-11-13-15-22/h6-7,11-15,23-26,34H,2-3,5,8-10,16-21H2,1,4H3/t23-,24+,25-,26?,30+,31?/m1/s1. The van der Waals surface area contributed by atoms with E-state index < -0.39 is 41.1 Å². The summed E-state index contributed by atoms with van der Waals surface area (Å²) in [4.78, 5) is 45.7. The maximum absolute atomic E-state index is 14.5. The third kappa shape index (κ3) is 4.82. The second-order valence-corrected chi connectivity index (χ2v) is 10.9. The first-order valence-electron chi connectivity index (χ1n) is 14.2. The molecule has 1 aromatic rings. The Labute approximate surface area is 231 Å². The van der Waals surface area contributed by atoms with Gasteiger partial charge in [0.2, 0.25) is 11.8 Å². The number of fused-ring (bicyclic) bond motifs is 1. The maximum atomic E-state index is 14.5. The van der Waals surface area contributed by atoms with Crippen molar-refractivity contribution in [1.29, 1.82) is 0 Å². The number of esters is 1. The molecule has 3 heterocycles. The van der Waals surface area contributed by atoms with Crippen molar-refractivity contribution < 1.29 is 29.0 Å². The van der Waals surface area contributed by atoms with Gasteiger partial charge >= 0.3 is 5.97 Å². The highest BCUT2D eigenvalue weighted by Gasteiger charge is 2.79. The minimum Gasteiger partial charge on any atom is -0.465 e. The molecule has 0 aromatic heterocycles. The predicted molar refractivity (Wildman–Crippen MR) is 147 cm³/mol. The van der Waals surface area contributed by atoms with Crippen LogP contribution in [0.5, 0.6) is 0 Å². The van der Waals surface area contributed by atoms with E-state index in [0.717, 1.165) is 18.4 Å². The van der Waals surface area contributed by atoms with Crippen LogP contribution < -0.4 is 0 Å². The summed E-state index contributed by atoms with van der Waals surface area (Å²) in [5, 5.41) is 10.6. The van der Waals surface area contributed by atoms with Crippen molar-refractivity contribution in [2.45, 2.75) is 75.7 Å². The highest BCUT2D eigenvalue weighted by molar-refractivity contribution is 5.99. The van der Waals surface area contributed by atoms with Crippen molar-refractivity contribution in [2.24, 2.45) is 11.8 Å². The Balaban J connectivity index is 1.83. The Morgan fingerprint density at radius 3 is 2.59 bits per heavy atom. The Morgan fingerprint density at radius 1 is 1.23 bits per heavy atom. The van der Waals surface area contributed by atoms with Crippen LogP contribution in [0.3, 0.4) is 0 Å². The Hall–Kier alpha value is -2.97. The molecule has 6 atom stereocenters. The number of rotatable bonds is 14. The number of amides is 2. The molecular weight excluding hydrogens is 496 g/mol. The molecule has 1 aromatic carbocycles. The SMILES string of the molecule is C=CCCOC(=O)[C@H]1[C@H]2C(=O)N([C@H](CO)c3ccccc3)C(C(=O)N(CC=C)CCCC)C23CC[C@]1(CC)O3. The van der Waals surface area contributed by atoms with Gasteiger partial charge in [-0.2, -0.15) is 0 Å². The quantitative estimate of drug-likeness (QED) is 0.220. The topological polar surface area (TPSA) is 96.4 Å². The summed E-state index contributed by atoms with van der Waals surface area (Å²) in [7, 11) is 0. The number of hydrogen-bond donors (Lipinski definition) is 1. The van der Waals surface area contributed by atoms with Gasteiger partial charge in [-0.3, -0.25) is 14.4 Å². The van der Waals surface area contributed by atoms with Gasteiger partial charge in [-0.25, -0.2) is 0 Å². The molecule has 0 saturated carbocycles. The van der Waals surface area contributed by atoms with Crippen LogP contribution in [0.15, 0.2) is 55.6 Å². The van der Waals surface area contributed by atoms with Gasteiger partial charge in [0, 0.05) is 13.1 Å². The molecule has 3 aliphatic rings. The van der Waals surface area contributed by atoms with Gasteiger partial charge in [0.25, 0.3) is 0 Å². The zero-order valence-corrected chi connectivity index (χ0v) is 23.2. The second kappa shape index (κ2) is 12.0. The van der Waals surface area contributed by atoms with Crippen LogP contribution in [-0.4, -0.2) is 76.2 Å². The lowest BCUT2D eigenvalue weighted by atomic mass is 9.65. The largest absolute Gasteiger partial charge is 0.465 e. The summed E-state index contributed by atoms with van der Waals surface area (Å²) in [6, 6.07) is 7.48. The molecule has 0 radical (unpaired) electrons. The molecule has 0 aliphatic carbocycles. The van der Waals surface area contributed by atoms with E-state index in [1.807, 2.05) is 37.3 Å². The summed E-state index contributed by atoms with van der Waals surface area (Å²) in [6.45, 7) is 12.2. The molecule has 2 amide bonds. The van der Waals surface area contributed by atoms with Gasteiger partial charge in [-0.05, 0) is 37.7 Å². The zero-order valence-electron chi connectivity index (χ0n) is 23.2. The molecule has 3 fully saturated rings. The van der Waals surface area contributed by atoms with E-state index >= 15 is 0 Å². The summed E-state index contributed by atoms with van der Waals surface area (Å²) >= 11 is 0. The van der Waals surface area contributed by atoms with Gasteiger partial charge in [0.05, 0.1) is 30.8 Å². The number of unbranched alkanes of at least 4 members (excludes halogenated alkanes) is 1. The van der Waals surface area contributed by atoms with E-state index in [9.17, 15) is 19.5 Å². The first-order chi connectivity index (χ1) is 18.9. The number of benzene rings is 1. The predicted octanol–water partition coefficient (Wildman–Crippen LogP) is 3.81. The highest BCUT2D eigenvalue weighted by atomic mass is 16.6. The van der Waals surface area contributed by atoms with Crippen molar-refractivity contribution in [3.05, 3.63) is 61.2 Å². The van der Waals surface area contributed by atoms with Gasteiger partial charge in [0.1, 0.15) is 17.6 Å². The molecule has 1 spiro atoms. The van der Waals surface area contributed by atoms with Crippen LogP contribution in [0, 0.1) is 11.8 Å². The fourth-order valence-corrected chi connectivity index (χ4v) is 6.96. The molecule has 3 saturated heterocycles. The number of likely N-dealkylation sites (tertiary alicyclic amines) is 1. The molecule has 2 unspecified atom stereocenters. The molecule has 3 aliphatic heterocycles. The number of nitrogens with zero attached hydrogens (tertiary/aromatic N) is 2. The number of aliphatic hydroxyl groups is 1. The lowest BCUT2D eigenvalue weighted by Crippen LogP contribution is -2.57. The van der Waals surface area contributed by atoms with Gasteiger partial charge in [0.15, 0.2) is 0 Å². The van der Waals surface area contributed by atoms with Gasteiger partial charge < -0.3 is 24.4 Å². The summed E-state index contributed by atoms with van der Waals surface area (Å²) in [5.74, 6) is -2.74. The molecular formula is C31H42N2O6. The third-order valence-corrected chi connectivity index (χ3v) is 8.81. The first-order valence-corrected chi connectivity index (χ1v) is 14.2. The molecule has 1 N–H and O–H groups in total. The number of carbonyl (C=O) groups is 3. The summed E-state index contributed by atoms with van der Waals surface area (Å²) in [6.07, 6.45) is 7.12. The molecule has 212 valence electrons. The number of aliphatic hydroxyl groups excluding tert-OH is 1. The average Bonchev–Trinajstić information content (AvgIpc) is 3.56. The Morgan fingerprint density at radius 2 is 1.97 bits per heavy atom. The monoisotopic (exact) mass is 538 g/mol. The van der Waals surface area contributed by atoms with E-state index in [2.05, 4.69) is 20.1 Å². The van der Waals surface area contributed by atoms with Crippen LogP contribution in [0.1, 0.15) is 64.0 Å². The summed E-state index contributed by atoms with van der Waals surface area (Å²) in [5.41, 5.74) is -1.33. The van der Waals surface area contributed by atoms with Crippen molar-refractivity contribution >= 4 is 17.8 Å². The van der Waals surface area contributed by atoms with E-state index in [-0.39, 0.29) is 25.0 Å². The van der Waals surface area contributed by atoms with Gasteiger partial charge in [-0.1, -0.05) is 62.8 Å². The molecule has 39 heavy (non-hydrogen) atoms. The van der Waals surface area contributed by atoms with Crippen LogP contribution in [0.4, 0.5) is 0 Å². The Bertz CT molecular complexity index is 1080. The number of hydrogen-bond acceptors (Lipinski definition) is 6. The maximum Gasteiger partial charge on any atom is 0.312 e. The zero-order chi connectivity index (χ0) is 28.2. The fourth-order valence-electron chi connectivity index (χ4n) is 6.96. The van der Waals surface area contributed by atoms with Crippen LogP contribution in [0.25, 0.3) is 0 Å². The summed E-state index contributed by atoms with van der Waals surface area (Å²) < 4.78 is 12.4. The highest BCUT2D eigenvalue weighted by Crippen LogP contribution is 2.65. The van der Waals surface area contributed by atoms with Crippen molar-refractivity contribution in [3.8, 4) is 0 Å². The number of carbonyl (C=O) groups excluding carboxylic acids is 3. The van der Waals surface area contributed by atoms with Crippen molar-refractivity contribution in [3.63, 3.8) is 0 Å². The third-order valence-electron chi connectivity index (χ3n) is 8.81. The normalized spacial score (nSPS) is 29.7. The Kier molecular flexibility index (Phi) is 8.96. The van der Waals surface area contributed by atoms with Crippen LogP contribution in [0.2, 0.25) is 0 Å². The number of ether oxygens (including phenoxy) is 2. The first kappa shape index (κ1) is 29.0. The van der Waals surface area contributed by atoms with E-state index in [1.165, 1.54) is 4.90 Å². The van der Waals surface area contributed by atoms with Gasteiger partial charge in [-0.15, -0.1) is 13.2 Å². The van der Waals surface area contributed by atoms with Crippen molar-refractivity contribution in [1.82, 2.24) is 9.80 Å². The lowest BCUT2D eigenvalue weighted by molar-refractivity contribution is -0.163. The second-order valence-electron chi connectivity index (χ2n) is 10.9. The van der Waals surface area contributed by atoms with E-state index in [0.29, 0.717) is 38.8 Å². The molecule has 8 heteroatoms. The smallest absolute Gasteiger partial charge is 0.312 e. The molecule has 2 bridgehead atoms. The fraction of sp³-hybridized carbons (Fsp3) is 0.581.